The fraction of sp³-hybridized carbons (Fsp3) is 0.188. The minimum Gasteiger partial charge on any atom is -0.326 e. The number of carbonyl (C=O) groups excluding carboxylic acids is 1. The second kappa shape index (κ2) is 5.17. The molecule has 1 saturated carbocycles. The first kappa shape index (κ1) is 12.4. The lowest BCUT2D eigenvalue weighted by Crippen LogP contribution is -2.14. The van der Waals surface area contributed by atoms with Crippen LogP contribution in [0.2, 0.25) is 0 Å². The maximum atomic E-state index is 12.1. The molecule has 3 rings (SSSR count). The van der Waals surface area contributed by atoms with Gasteiger partial charge in [0.1, 0.15) is 0 Å². The van der Waals surface area contributed by atoms with E-state index in [2.05, 4.69) is 33.4 Å². The standard InChI is InChI=1S/C16H14BrNO/c17-12-6-8-13(9-7-12)18-16(19)15-10-14(15)11-4-2-1-3-5-11/h1-9,14-15H,10H2,(H,18,19)/t14-,15-/m0/s1. The summed E-state index contributed by atoms with van der Waals surface area (Å²) in [6, 6.07) is 17.9. The molecule has 1 N–H and O–H groups in total. The molecule has 0 unspecified atom stereocenters. The Morgan fingerprint density at radius 3 is 2.42 bits per heavy atom. The summed E-state index contributed by atoms with van der Waals surface area (Å²) < 4.78 is 1.01. The summed E-state index contributed by atoms with van der Waals surface area (Å²) in [4.78, 5) is 12.1. The van der Waals surface area contributed by atoms with Crippen LogP contribution in [0.1, 0.15) is 17.9 Å². The second-order valence-electron chi connectivity index (χ2n) is 4.86. The normalized spacial score (nSPS) is 20.9. The number of nitrogens with one attached hydrogen (secondary N) is 1. The highest BCUT2D eigenvalue weighted by atomic mass is 79.9. The molecule has 0 aromatic heterocycles. The second-order valence-corrected chi connectivity index (χ2v) is 5.77. The lowest BCUT2D eigenvalue weighted by atomic mass is 10.1. The van der Waals surface area contributed by atoms with E-state index >= 15 is 0 Å². The fourth-order valence-corrected chi connectivity index (χ4v) is 2.59. The molecule has 1 amide bonds. The highest BCUT2D eigenvalue weighted by molar-refractivity contribution is 9.10. The summed E-state index contributed by atoms with van der Waals surface area (Å²) in [5.41, 5.74) is 2.12. The smallest absolute Gasteiger partial charge is 0.228 e. The Hall–Kier alpha value is -1.61. The summed E-state index contributed by atoms with van der Waals surface area (Å²) in [7, 11) is 0. The molecular formula is C16H14BrNO. The summed E-state index contributed by atoms with van der Waals surface area (Å²) in [6.45, 7) is 0. The molecule has 2 nitrogen and oxygen atoms in total. The number of carbonyl (C=O) groups is 1. The third kappa shape index (κ3) is 2.87. The van der Waals surface area contributed by atoms with Crippen molar-refractivity contribution in [2.24, 2.45) is 5.92 Å². The molecule has 2 aromatic carbocycles. The van der Waals surface area contributed by atoms with Gasteiger partial charge in [0.05, 0.1) is 0 Å². The Kier molecular flexibility index (Phi) is 3.38. The summed E-state index contributed by atoms with van der Waals surface area (Å²) in [5.74, 6) is 0.624. The number of anilines is 1. The van der Waals surface area contributed by atoms with Gasteiger partial charge in [0.15, 0.2) is 0 Å². The molecule has 2 aromatic rings. The van der Waals surface area contributed by atoms with Crippen LogP contribution in [0.4, 0.5) is 5.69 Å². The van der Waals surface area contributed by atoms with Crippen molar-refractivity contribution >= 4 is 27.5 Å². The average Bonchev–Trinajstić information content (AvgIpc) is 3.23. The number of rotatable bonds is 3. The monoisotopic (exact) mass is 315 g/mol. The van der Waals surface area contributed by atoms with E-state index in [1.54, 1.807) is 0 Å². The summed E-state index contributed by atoms with van der Waals surface area (Å²) >= 11 is 3.38. The molecule has 0 spiro atoms. The molecule has 1 aliphatic carbocycles. The number of benzene rings is 2. The van der Waals surface area contributed by atoms with Gasteiger partial charge in [0.2, 0.25) is 5.91 Å². The Bertz CT molecular complexity index is 579. The van der Waals surface area contributed by atoms with Gasteiger partial charge in [0.25, 0.3) is 0 Å². The van der Waals surface area contributed by atoms with Crippen molar-refractivity contribution in [1.82, 2.24) is 0 Å². The van der Waals surface area contributed by atoms with Gasteiger partial charge in [-0.3, -0.25) is 4.79 Å². The quantitative estimate of drug-likeness (QED) is 0.904. The van der Waals surface area contributed by atoms with Crippen LogP contribution in [0, 0.1) is 5.92 Å². The van der Waals surface area contributed by atoms with Gasteiger partial charge >= 0.3 is 0 Å². The Morgan fingerprint density at radius 2 is 1.74 bits per heavy atom. The molecule has 0 radical (unpaired) electrons. The topological polar surface area (TPSA) is 29.1 Å². The first-order chi connectivity index (χ1) is 9.24. The molecular weight excluding hydrogens is 302 g/mol. The molecule has 3 heteroatoms. The minimum atomic E-state index is 0.117. The maximum Gasteiger partial charge on any atom is 0.228 e. The highest BCUT2D eigenvalue weighted by Gasteiger charge is 2.43. The lowest BCUT2D eigenvalue weighted by molar-refractivity contribution is -0.117. The maximum absolute atomic E-state index is 12.1. The van der Waals surface area contributed by atoms with E-state index in [1.807, 2.05) is 42.5 Å². The molecule has 0 aliphatic heterocycles. The number of hydrogen-bond acceptors (Lipinski definition) is 1. The SMILES string of the molecule is O=C(Nc1ccc(Br)cc1)[C@H]1C[C@H]1c1ccccc1. The molecule has 0 saturated heterocycles. The van der Waals surface area contributed by atoms with E-state index in [9.17, 15) is 4.79 Å². The van der Waals surface area contributed by atoms with Crippen molar-refractivity contribution in [3.8, 4) is 0 Å². The number of hydrogen-bond donors (Lipinski definition) is 1. The Morgan fingerprint density at radius 1 is 1.05 bits per heavy atom. The fourth-order valence-electron chi connectivity index (χ4n) is 2.32. The van der Waals surface area contributed by atoms with E-state index in [4.69, 9.17) is 0 Å². The Labute approximate surface area is 121 Å². The van der Waals surface area contributed by atoms with Crippen LogP contribution >= 0.6 is 15.9 Å². The summed E-state index contributed by atoms with van der Waals surface area (Å²) in [5, 5.41) is 2.97. The van der Waals surface area contributed by atoms with E-state index < -0.39 is 0 Å². The highest BCUT2D eigenvalue weighted by Crippen LogP contribution is 2.47. The van der Waals surface area contributed by atoms with Crippen LogP contribution in [0.5, 0.6) is 0 Å². The van der Waals surface area contributed by atoms with Crippen LogP contribution in [0.3, 0.4) is 0 Å². The van der Waals surface area contributed by atoms with E-state index in [1.165, 1.54) is 5.56 Å². The van der Waals surface area contributed by atoms with Gasteiger partial charge in [-0.1, -0.05) is 46.3 Å². The Balaban J connectivity index is 1.63. The minimum absolute atomic E-state index is 0.117. The molecule has 2 atom stereocenters. The van der Waals surface area contributed by atoms with Gasteiger partial charge < -0.3 is 5.32 Å². The van der Waals surface area contributed by atoms with Crippen LogP contribution in [-0.4, -0.2) is 5.91 Å². The first-order valence-electron chi connectivity index (χ1n) is 6.35. The van der Waals surface area contributed by atoms with Crippen molar-refractivity contribution in [2.45, 2.75) is 12.3 Å². The zero-order valence-electron chi connectivity index (χ0n) is 10.3. The van der Waals surface area contributed by atoms with Crippen LogP contribution in [-0.2, 0) is 4.79 Å². The van der Waals surface area contributed by atoms with Crippen molar-refractivity contribution in [3.05, 3.63) is 64.6 Å². The van der Waals surface area contributed by atoms with Crippen molar-refractivity contribution in [2.75, 3.05) is 5.32 Å². The largest absolute Gasteiger partial charge is 0.326 e. The molecule has 0 bridgehead atoms. The van der Waals surface area contributed by atoms with E-state index in [0.717, 1.165) is 16.6 Å². The predicted octanol–water partition coefficient (Wildman–Crippen LogP) is 4.19. The average molecular weight is 316 g/mol. The van der Waals surface area contributed by atoms with E-state index in [-0.39, 0.29) is 11.8 Å². The zero-order chi connectivity index (χ0) is 13.2. The zero-order valence-corrected chi connectivity index (χ0v) is 11.9. The van der Waals surface area contributed by atoms with Gasteiger partial charge in [-0.25, -0.2) is 0 Å². The predicted molar refractivity (Wildman–Crippen MR) is 80.1 cm³/mol. The molecule has 1 fully saturated rings. The third-order valence-corrected chi connectivity index (χ3v) is 4.00. The van der Waals surface area contributed by atoms with Crippen molar-refractivity contribution in [1.29, 1.82) is 0 Å². The van der Waals surface area contributed by atoms with Crippen molar-refractivity contribution < 1.29 is 4.79 Å². The van der Waals surface area contributed by atoms with Gasteiger partial charge in [-0.05, 0) is 42.2 Å². The third-order valence-electron chi connectivity index (χ3n) is 3.47. The molecule has 19 heavy (non-hydrogen) atoms. The van der Waals surface area contributed by atoms with Gasteiger partial charge in [0, 0.05) is 16.1 Å². The molecule has 0 heterocycles. The first-order valence-corrected chi connectivity index (χ1v) is 7.15. The molecule has 96 valence electrons. The molecule has 1 aliphatic rings. The van der Waals surface area contributed by atoms with Crippen LogP contribution < -0.4 is 5.32 Å². The van der Waals surface area contributed by atoms with Gasteiger partial charge in [-0.2, -0.15) is 0 Å². The van der Waals surface area contributed by atoms with E-state index in [0.29, 0.717) is 5.92 Å². The van der Waals surface area contributed by atoms with Crippen molar-refractivity contribution in [3.63, 3.8) is 0 Å². The van der Waals surface area contributed by atoms with Crippen LogP contribution in [0.25, 0.3) is 0 Å². The number of amides is 1. The number of halogens is 1. The summed E-state index contributed by atoms with van der Waals surface area (Å²) in [6.07, 6.45) is 0.951. The van der Waals surface area contributed by atoms with Gasteiger partial charge in [-0.15, -0.1) is 0 Å². The lowest BCUT2D eigenvalue weighted by Gasteiger charge is -2.05. The van der Waals surface area contributed by atoms with Crippen LogP contribution in [0.15, 0.2) is 59.1 Å².